The van der Waals surface area contributed by atoms with Gasteiger partial charge in [0.2, 0.25) is 5.91 Å². The Balaban J connectivity index is 2.22. The minimum Gasteiger partial charge on any atom is -0.301 e. The van der Waals surface area contributed by atoms with Gasteiger partial charge in [0, 0.05) is 13.0 Å². The molecular weight excluding hydrogens is 208 g/mol. The summed E-state index contributed by atoms with van der Waals surface area (Å²) in [7, 11) is 0. The Morgan fingerprint density at radius 1 is 1.77 bits per heavy atom. The fourth-order valence-corrected chi connectivity index (χ4v) is 2.41. The first-order valence-corrected chi connectivity index (χ1v) is 5.25. The van der Waals surface area contributed by atoms with Crippen molar-refractivity contribution in [2.45, 2.75) is 18.7 Å². The minimum atomic E-state index is -0.0464. The number of alkyl halides is 1. The van der Waals surface area contributed by atoms with Gasteiger partial charge in [0.1, 0.15) is 5.00 Å². The van der Waals surface area contributed by atoms with Crippen LogP contribution in [0.5, 0.6) is 0 Å². The molecule has 1 aliphatic heterocycles. The fourth-order valence-electron chi connectivity index (χ4n) is 1.35. The normalized spacial score (nSPS) is 22.8. The lowest BCUT2D eigenvalue weighted by atomic mass is 10.4. The number of amides is 1. The van der Waals surface area contributed by atoms with Crippen LogP contribution in [-0.2, 0) is 4.79 Å². The Bertz CT molecular complexity index is 339. The molecule has 0 spiro atoms. The second-order valence-electron chi connectivity index (χ2n) is 3.11. The molecule has 0 N–H and O–H groups in total. The first-order chi connectivity index (χ1) is 6.16. The lowest BCUT2D eigenvalue weighted by Crippen LogP contribution is -2.23. The second-order valence-corrected chi connectivity index (χ2v) is 4.51. The molecule has 0 aliphatic carbocycles. The first-order valence-electron chi connectivity index (χ1n) is 4.04. The van der Waals surface area contributed by atoms with Crippen LogP contribution in [0.1, 0.15) is 12.1 Å². The summed E-state index contributed by atoms with van der Waals surface area (Å²) >= 11 is 7.23. The molecule has 0 bridgehead atoms. The van der Waals surface area contributed by atoms with E-state index in [1.54, 1.807) is 4.90 Å². The Morgan fingerprint density at radius 2 is 2.54 bits per heavy atom. The Kier molecular flexibility index (Phi) is 2.26. The quantitative estimate of drug-likeness (QED) is 0.671. The molecule has 0 aromatic carbocycles. The highest BCUT2D eigenvalue weighted by Crippen LogP contribution is 2.27. The summed E-state index contributed by atoms with van der Waals surface area (Å²) in [6.45, 7) is 2.53. The zero-order chi connectivity index (χ0) is 9.42. The maximum Gasteiger partial charge on any atom is 0.229 e. The van der Waals surface area contributed by atoms with Crippen molar-refractivity contribution in [1.82, 2.24) is 4.37 Å². The SMILES string of the molecule is Cc1cc(N2CC(Cl)CC2=O)sn1. The number of hydrogen-bond acceptors (Lipinski definition) is 3. The second kappa shape index (κ2) is 3.27. The van der Waals surface area contributed by atoms with Crippen molar-refractivity contribution in [3.63, 3.8) is 0 Å². The van der Waals surface area contributed by atoms with E-state index in [0.29, 0.717) is 13.0 Å². The Hall–Kier alpha value is -0.610. The van der Waals surface area contributed by atoms with E-state index in [1.165, 1.54) is 11.5 Å². The van der Waals surface area contributed by atoms with Crippen molar-refractivity contribution in [3.05, 3.63) is 11.8 Å². The largest absolute Gasteiger partial charge is 0.301 e. The molecule has 1 unspecified atom stereocenters. The standard InChI is InChI=1S/C8H9ClN2OS/c1-5-2-8(13-10-5)11-4-6(9)3-7(11)12/h2,6H,3-4H2,1H3. The third-order valence-corrected chi connectivity index (χ3v) is 3.16. The number of carbonyl (C=O) groups excluding carboxylic acids is 1. The summed E-state index contributed by atoms with van der Waals surface area (Å²) in [5.41, 5.74) is 0.950. The summed E-state index contributed by atoms with van der Waals surface area (Å²) < 4.78 is 4.13. The summed E-state index contributed by atoms with van der Waals surface area (Å²) in [6, 6.07) is 1.91. The maximum atomic E-state index is 11.4. The summed E-state index contributed by atoms with van der Waals surface area (Å²) in [4.78, 5) is 13.1. The van der Waals surface area contributed by atoms with Crippen molar-refractivity contribution < 1.29 is 4.79 Å². The third kappa shape index (κ3) is 1.69. The highest BCUT2D eigenvalue weighted by atomic mass is 35.5. The van der Waals surface area contributed by atoms with E-state index >= 15 is 0 Å². The molecule has 1 fully saturated rings. The number of nitrogens with zero attached hydrogens (tertiary/aromatic N) is 2. The number of anilines is 1. The van der Waals surface area contributed by atoms with Gasteiger partial charge in [0.25, 0.3) is 0 Å². The van der Waals surface area contributed by atoms with Crippen LogP contribution in [0.25, 0.3) is 0 Å². The average molecular weight is 217 g/mol. The van der Waals surface area contributed by atoms with Gasteiger partial charge in [-0.15, -0.1) is 11.6 Å². The third-order valence-electron chi connectivity index (χ3n) is 1.96. The van der Waals surface area contributed by atoms with E-state index in [0.717, 1.165) is 10.7 Å². The molecule has 1 saturated heterocycles. The number of aromatic nitrogens is 1. The van der Waals surface area contributed by atoms with Crippen molar-refractivity contribution >= 4 is 34.0 Å². The lowest BCUT2D eigenvalue weighted by molar-refractivity contribution is -0.117. The number of rotatable bonds is 1. The molecule has 3 nitrogen and oxygen atoms in total. The van der Waals surface area contributed by atoms with Crippen molar-refractivity contribution in [2.75, 3.05) is 11.4 Å². The van der Waals surface area contributed by atoms with Crippen LogP contribution >= 0.6 is 23.1 Å². The molecule has 1 amide bonds. The number of halogens is 1. The van der Waals surface area contributed by atoms with Gasteiger partial charge in [-0.2, -0.15) is 4.37 Å². The Morgan fingerprint density at radius 3 is 3.00 bits per heavy atom. The van der Waals surface area contributed by atoms with Crippen LogP contribution in [0, 0.1) is 6.92 Å². The zero-order valence-electron chi connectivity index (χ0n) is 7.16. The molecule has 0 radical (unpaired) electrons. The highest BCUT2D eigenvalue weighted by Gasteiger charge is 2.30. The fraction of sp³-hybridized carbons (Fsp3) is 0.500. The monoisotopic (exact) mass is 216 g/mol. The molecular formula is C8H9ClN2OS. The number of aryl methyl sites for hydroxylation is 1. The predicted molar refractivity (Wildman–Crippen MR) is 53.5 cm³/mol. The molecule has 2 rings (SSSR count). The van der Waals surface area contributed by atoms with Gasteiger partial charge < -0.3 is 4.90 Å². The Labute approximate surface area is 85.5 Å². The van der Waals surface area contributed by atoms with E-state index in [-0.39, 0.29) is 11.3 Å². The van der Waals surface area contributed by atoms with Gasteiger partial charge >= 0.3 is 0 Å². The van der Waals surface area contributed by atoms with Crippen molar-refractivity contribution in [1.29, 1.82) is 0 Å². The smallest absolute Gasteiger partial charge is 0.229 e. The topological polar surface area (TPSA) is 33.2 Å². The van der Waals surface area contributed by atoms with E-state index in [4.69, 9.17) is 11.6 Å². The molecule has 2 heterocycles. The van der Waals surface area contributed by atoms with Crippen LogP contribution in [0.2, 0.25) is 0 Å². The molecule has 1 atom stereocenters. The predicted octanol–water partition coefficient (Wildman–Crippen LogP) is 1.80. The summed E-state index contributed by atoms with van der Waals surface area (Å²) in [5, 5.41) is 0.862. The van der Waals surface area contributed by atoms with Gasteiger partial charge in [-0.05, 0) is 24.5 Å². The van der Waals surface area contributed by atoms with Crippen LogP contribution in [-0.4, -0.2) is 22.2 Å². The minimum absolute atomic E-state index is 0.0464. The van der Waals surface area contributed by atoms with Crippen LogP contribution in [0.15, 0.2) is 6.07 Å². The van der Waals surface area contributed by atoms with Gasteiger partial charge in [0.15, 0.2) is 0 Å². The summed E-state index contributed by atoms with van der Waals surface area (Å²) in [6.07, 6.45) is 0.443. The van der Waals surface area contributed by atoms with Crippen LogP contribution in [0.3, 0.4) is 0 Å². The summed E-state index contributed by atoms with van der Waals surface area (Å²) in [5.74, 6) is 0.101. The molecule has 70 valence electrons. The lowest BCUT2D eigenvalue weighted by Gasteiger charge is -2.11. The molecule has 1 aromatic heterocycles. The number of carbonyl (C=O) groups is 1. The highest BCUT2D eigenvalue weighted by molar-refractivity contribution is 7.10. The van der Waals surface area contributed by atoms with E-state index in [1.807, 2.05) is 13.0 Å². The number of hydrogen-bond donors (Lipinski definition) is 0. The maximum absolute atomic E-state index is 11.4. The molecule has 1 aliphatic rings. The van der Waals surface area contributed by atoms with Gasteiger partial charge in [-0.1, -0.05) is 0 Å². The van der Waals surface area contributed by atoms with E-state index < -0.39 is 0 Å². The molecule has 5 heteroatoms. The van der Waals surface area contributed by atoms with Crippen LogP contribution < -0.4 is 4.90 Å². The molecule has 0 saturated carbocycles. The van der Waals surface area contributed by atoms with Crippen LogP contribution in [0.4, 0.5) is 5.00 Å². The van der Waals surface area contributed by atoms with Gasteiger partial charge in [-0.25, -0.2) is 0 Å². The van der Waals surface area contributed by atoms with Gasteiger partial charge in [-0.3, -0.25) is 4.79 Å². The van der Waals surface area contributed by atoms with E-state index in [9.17, 15) is 4.79 Å². The zero-order valence-corrected chi connectivity index (χ0v) is 8.73. The van der Waals surface area contributed by atoms with Gasteiger partial charge in [0.05, 0.1) is 11.1 Å². The van der Waals surface area contributed by atoms with E-state index in [2.05, 4.69) is 4.37 Å². The molecule has 1 aromatic rings. The van der Waals surface area contributed by atoms with Crippen molar-refractivity contribution in [3.8, 4) is 0 Å². The molecule has 13 heavy (non-hydrogen) atoms. The van der Waals surface area contributed by atoms with Crippen molar-refractivity contribution in [2.24, 2.45) is 0 Å². The average Bonchev–Trinajstić information content (AvgIpc) is 2.58. The first kappa shape index (κ1) is 8.97.